The largest absolute Gasteiger partial charge is 0.472 e. The van der Waals surface area contributed by atoms with Crippen LogP contribution in [-0.2, 0) is 65.4 Å². The molecule has 0 aliphatic heterocycles. The number of aliphatic hydroxyl groups excluding tert-OH is 1. The lowest BCUT2D eigenvalue weighted by Gasteiger charge is -2.21. The van der Waals surface area contributed by atoms with Gasteiger partial charge < -0.3 is 33.8 Å². The molecule has 0 aliphatic carbocycles. The maximum absolute atomic E-state index is 13.1. The summed E-state index contributed by atoms with van der Waals surface area (Å²) in [7, 11) is -9.95. The molecular formula is C81H144O17P2. The third-order valence-electron chi connectivity index (χ3n) is 16.8. The average Bonchev–Trinajstić information content (AvgIpc) is 0.945. The number of carbonyl (C=O) groups is 4. The molecule has 0 aromatic heterocycles. The number of unbranched alkanes of at least 4 members (excludes halogenated alkanes) is 35. The Morgan fingerprint density at radius 2 is 0.520 bits per heavy atom. The fourth-order valence-electron chi connectivity index (χ4n) is 10.8. The van der Waals surface area contributed by atoms with Crippen molar-refractivity contribution in [3.8, 4) is 0 Å². The van der Waals surface area contributed by atoms with Crippen molar-refractivity contribution in [1.82, 2.24) is 0 Å². The van der Waals surface area contributed by atoms with Crippen molar-refractivity contribution in [2.75, 3.05) is 39.6 Å². The number of carbonyl (C=O) groups excluding carboxylic acids is 4. The molecule has 17 nitrogen and oxygen atoms in total. The molecule has 580 valence electrons. The van der Waals surface area contributed by atoms with E-state index in [-0.39, 0.29) is 25.7 Å². The van der Waals surface area contributed by atoms with Gasteiger partial charge in [-0.05, 0) is 122 Å². The smallest absolute Gasteiger partial charge is 0.462 e. The highest BCUT2D eigenvalue weighted by Gasteiger charge is 2.30. The monoisotopic (exact) mass is 1450 g/mol. The molecule has 0 spiro atoms. The number of rotatable bonds is 75. The zero-order valence-electron chi connectivity index (χ0n) is 63.4. The molecule has 0 rings (SSSR count). The number of hydrogen-bond acceptors (Lipinski definition) is 15. The van der Waals surface area contributed by atoms with Crippen LogP contribution in [0.3, 0.4) is 0 Å². The summed E-state index contributed by atoms with van der Waals surface area (Å²) in [6.07, 6.45) is 75.6. The van der Waals surface area contributed by atoms with Crippen LogP contribution in [0.25, 0.3) is 0 Å². The van der Waals surface area contributed by atoms with Crippen LogP contribution in [0.15, 0.2) is 85.1 Å². The molecule has 0 aromatic carbocycles. The van der Waals surface area contributed by atoms with Gasteiger partial charge in [0.15, 0.2) is 12.2 Å². The van der Waals surface area contributed by atoms with Crippen molar-refractivity contribution >= 4 is 39.5 Å². The molecule has 0 radical (unpaired) electrons. The number of phosphoric acid groups is 2. The zero-order valence-corrected chi connectivity index (χ0v) is 65.2. The first-order chi connectivity index (χ1) is 48.7. The molecule has 19 heteroatoms. The Morgan fingerprint density at radius 3 is 0.830 bits per heavy atom. The van der Waals surface area contributed by atoms with Gasteiger partial charge in [0.05, 0.1) is 26.4 Å². The van der Waals surface area contributed by atoms with E-state index < -0.39 is 97.5 Å². The average molecular weight is 1450 g/mol. The summed E-state index contributed by atoms with van der Waals surface area (Å²) in [4.78, 5) is 72.9. The number of aliphatic hydroxyl groups is 1. The summed E-state index contributed by atoms with van der Waals surface area (Å²) in [6.45, 7) is 4.73. The van der Waals surface area contributed by atoms with Gasteiger partial charge in [-0.2, -0.15) is 0 Å². The van der Waals surface area contributed by atoms with Gasteiger partial charge in [-0.25, -0.2) is 9.13 Å². The van der Waals surface area contributed by atoms with E-state index in [9.17, 15) is 43.2 Å². The van der Waals surface area contributed by atoms with Gasteiger partial charge in [-0.15, -0.1) is 0 Å². The van der Waals surface area contributed by atoms with Gasteiger partial charge in [0, 0.05) is 25.7 Å². The van der Waals surface area contributed by atoms with Gasteiger partial charge in [-0.1, -0.05) is 286 Å². The quantitative estimate of drug-likeness (QED) is 0.0169. The molecule has 5 unspecified atom stereocenters. The van der Waals surface area contributed by atoms with E-state index in [0.717, 1.165) is 173 Å². The lowest BCUT2D eigenvalue weighted by Crippen LogP contribution is -2.30. The molecule has 0 bridgehead atoms. The second-order valence-corrected chi connectivity index (χ2v) is 29.5. The van der Waals surface area contributed by atoms with Crippen molar-refractivity contribution in [2.45, 2.75) is 367 Å². The highest BCUT2D eigenvalue weighted by atomic mass is 31.2. The Balaban J connectivity index is 5.33. The molecule has 0 aromatic rings. The van der Waals surface area contributed by atoms with Crippen molar-refractivity contribution in [1.29, 1.82) is 0 Å². The summed E-state index contributed by atoms with van der Waals surface area (Å²) < 4.78 is 68.5. The van der Waals surface area contributed by atoms with E-state index in [1.807, 2.05) is 0 Å². The number of hydrogen-bond donors (Lipinski definition) is 3. The van der Waals surface area contributed by atoms with Crippen LogP contribution in [0.4, 0.5) is 0 Å². The van der Waals surface area contributed by atoms with Crippen LogP contribution in [0.1, 0.15) is 349 Å². The minimum Gasteiger partial charge on any atom is -0.462 e. The van der Waals surface area contributed by atoms with E-state index >= 15 is 0 Å². The molecule has 0 heterocycles. The molecule has 0 saturated heterocycles. The predicted octanol–water partition coefficient (Wildman–Crippen LogP) is 23.0. The summed E-state index contributed by atoms with van der Waals surface area (Å²) >= 11 is 0. The SMILES string of the molecule is CC/C=C\C/C=C\C/C=C\CCCCCCCC(=O)OCC(COP(=O)(O)OCC(O)COP(=O)(O)OCC(COC(=O)CCCCCCCC/C=C\C/C=C\C/C=C\CCCCC)OC(=O)CCCCCCC/C=C\CCCCCCCC)OC(=O)CCCCCCCCCCCCC. The minimum absolute atomic E-state index is 0.0839. The standard InChI is InChI=1S/C81H144O17P2/c1-5-9-13-17-21-25-29-32-35-36-37-38-41-43-47-50-54-58-62-66-79(84)92-72-77(98-81(86)68-64-60-56-52-48-44-40-34-31-27-23-19-15-11-7-3)74-96-100(89,90)94-70-75(82)69-93-99(87,88)95-73-76(97-80(85)67-63-59-55-51-45-28-24-20-16-12-8-4)71-91-78(83)65-61-57-53-49-46-42-39-33-30-26-22-18-14-10-6-2/h10,14,21-22,25-26,32-35,37-40,75-77,82H,5-9,11-13,15-20,23-24,27-31,36,41-74H2,1-4H3,(H,87,88)(H,89,90)/b14-10-,25-21-,26-22-,35-32-,38-37-,39-33-,40-34-. The summed E-state index contributed by atoms with van der Waals surface area (Å²) in [5, 5.41) is 10.6. The van der Waals surface area contributed by atoms with Crippen molar-refractivity contribution in [2.24, 2.45) is 0 Å². The van der Waals surface area contributed by atoms with Crippen molar-refractivity contribution < 1.29 is 80.2 Å². The molecule has 0 aliphatic rings. The molecule has 0 saturated carbocycles. The highest BCUT2D eigenvalue weighted by Crippen LogP contribution is 2.45. The van der Waals surface area contributed by atoms with Gasteiger partial charge in [-0.3, -0.25) is 37.3 Å². The first-order valence-electron chi connectivity index (χ1n) is 39.8. The third kappa shape index (κ3) is 72.6. The summed E-state index contributed by atoms with van der Waals surface area (Å²) in [5.74, 6) is -2.19. The van der Waals surface area contributed by atoms with Crippen molar-refractivity contribution in [3.05, 3.63) is 85.1 Å². The van der Waals surface area contributed by atoms with E-state index in [1.54, 1.807) is 0 Å². The summed E-state index contributed by atoms with van der Waals surface area (Å²) in [6, 6.07) is 0. The fraction of sp³-hybridized carbons (Fsp3) is 0.778. The van der Waals surface area contributed by atoms with Crippen LogP contribution in [-0.4, -0.2) is 96.7 Å². The molecule has 3 N–H and O–H groups in total. The van der Waals surface area contributed by atoms with Crippen LogP contribution >= 0.6 is 15.6 Å². The topological polar surface area (TPSA) is 237 Å². The normalized spacial score (nSPS) is 14.3. The zero-order chi connectivity index (χ0) is 73.2. The van der Waals surface area contributed by atoms with E-state index in [0.29, 0.717) is 25.7 Å². The molecule has 100 heavy (non-hydrogen) atoms. The number of phosphoric ester groups is 2. The Hall–Kier alpha value is -3.76. The van der Waals surface area contributed by atoms with Gasteiger partial charge >= 0.3 is 39.5 Å². The second-order valence-electron chi connectivity index (χ2n) is 26.6. The Morgan fingerprint density at radius 1 is 0.290 bits per heavy atom. The lowest BCUT2D eigenvalue weighted by atomic mass is 10.1. The molecular weight excluding hydrogens is 1310 g/mol. The van der Waals surface area contributed by atoms with E-state index in [2.05, 4.69) is 113 Å². The summed E-state index contributed by atoms with van der Waals surface area (Å²) in [5.41, 5.74) is 0. The molecule has 0 amide bonds. The van der Waals surface area contributed by atoms with Gasteiger partial charge in [0.1, 0.15) is 19.3 Å². The fourth-order valence-corrected chi connectivity index (χ4v) is 12.3. The van der Waals surface area contributed by atoms with Crippen LogP contribution in [0.5, 0.6) is 0 Å². The first kappa shape index (κ1) is 96.2. The lowest BCUT2D eigenvalue weighted by molar-refractivity contribution is -0.161. The second kappa shape index (κ2) is 73.5. The van der Waals surface area contributed by atoms with E-state index in [4.69, 9.17) is 37.0 Å². The Labute approximate surface area is 608 Å². The van der Waals surface area contributed by atoms with Crippen LogP contribution < -0.4 is 0 Å². The Kier molecular flexibility index (Phi) is 70.8. The number of esters is 4. The van der Waals surface area contributed by atoms with Gasteiger partial charge in [0.2, 0.25) is 0 Å². The van der Waals surface area contributed by atoms with E-state index in [1.165, 1.54) is 96.3 Å². The first-order valence-corrected chi connectivity index (χ1v) is 42.8. The van der Waals surface area contributed by atoms with Crippen molar-refractivity contribution in [3.63, 3.8) is 0 Å². The molecule has 0 fully saturated rings. The molecule has 5 atom stereocenters. The maximum Gasteiger partial charge on any atom is 0.472 e. The minimum atomic E-state index is -4.98. The number of ether oxygens (including phenoxy) is 4. The number of allylic oxidation sites excluding steroid dienone is 14. The maximum atomic E-state index is 13.1. The third-order valence-corrected chi connectivity index (χ3v) is 18.7. The predicted molar refractivity (Wildman–Crippen MR) is 409 cm³/mol. The highest BCUT2D eigenvalue weighted by molar-refractivity contribution is 7.47. The van der Waals surface area contributed by atoms with Crippen LogP contribution in [0, 0.1) is 0 Å². The van der Waals surface area contributed by atoms with Crippen LogP contribution in [0.2, 0.25) is 0 Å². The Bertz CT molecular complexity index is 2230. The van der Waals surface area contributed by atoms with Gasteiger partial charge in [0.25, 0.3) is 0 Å².